The van der Waals surface area contributed by atoms with Crippen LogP contribution in [0, 0.1) is 83.1 Å². The fraction of sp³-hybridized carbons (Fsp3) is 0.385. The van der Waals surface area contributed by atoms with E-state index in [-0.39, 0.29) is 0 Å². The fourth-order valence-electron chi connectivity index (χ4n) is 6.19. The van der Waals surface area contributed by atoms with E-state index in [1.54, 1.807) is 21.2 Å². The van der Waals surface area contributed by atoms with Crippen LogP contribution in [0.2, 0.25) is 0 Å². The lowest BCUT2D eigenvalue weighted by molar-refractivity contribution is 1.04. The van der Waals surface area contributed by atoms with Gasteiger partial charge in [0, 0.05) is 5.40 Å². The van der Waals surface area contributed by atoms with Gasteiger partial charge in [0.05, 0.1) is 0 Å². The molecular weight excluding hydrogens is 530 g/mol. The third kappa shape index (κ3) is 5.73. The van der Waals surface area contributed by atoms with Crippen LogP contribution in [0.15, 0.2) is 48.5 Å². The zero-order chi connectivity index (χ0) is 30.3. The molecule has 4 aromatic rings. The van der Waals surface area contributed by atoms with Gasteiger partial charge in [0.2, 0.25) is 0 Å². The highest BCUT2D eigenvalue weighted by Crippen LogP contribution is 2.59. The van der Waals surface area contributed by atoms with E-state index >= 15 is 0 Å². The molecule has 0 aromatic heterocycles. The molecule has 0 aliphatic heterocycles. The van der Waals surface area contributed by atoms with E-state index in [1.807, 2.05) is 0 Å². The van der Waals surface area contributed by atoms with E-state index in [0.29, 0.717) is 5.40 Å². The maximum absolute atomic E-state index is 2.48. The van der Waals surface area contributed by atoms with Crippen molar-refractivity contribution in [3.8, 4) is 0 Å². The summed E-state index contributed by atoms with van der Waals surface area (Å²) in [7, 11) is -1.26. The second kappa shape index (κ2) is 12.5. The lowest BCUT2D eigenvalue weighted by atomic mass is 10.0. The lowest BCUT2D eigenvalue weighted by Gasteiger charge is -2.39. The van der Waals surface area contributed by atoms with Crippen molar-refractivity contribution in [1.29, 1.82) is 0 Å². The van der Waals surface area contributed by atoms with Crippen molar-refractivity contribution in [2.24, 2.45) is 0 Å². The minimum atomic E-state index is -0.630. The highest BCUT2D eigenvalue weighted by molar-refractivity contribution is 7.89. The Morgan fingerprint density at radius 2 is 0.585 bits per heavy atom. The minimum Gasteiger partial charge on any atom is -0.0644 e. The molecule has 0 aliphatic rings. The van der Waals surface area contributed by atoms with Gasteiger partial charge in [-0.25, -0.2) is 0 Å². The van der Waals surface area contributed by atoms with Crippen molar-refractivity contribution in [3.63, 3.8) is 0 Å². The first-order valence-electron chi connectivity index (χ1n) is 15.2. The Kier molecular flexibility index (Phi) is 9.69. The first kappa shape index (κ1) is 31.7. The maximum atomic E-state index is 2.48. The van der Waals surface area contributed by atoms with E-state index in [2.05, 4.69) is 139 Å². The molecule has 2 heteroatoms. The third-order valence-corrected chi connectivity index (χ3v) is 17.4. The zero-order valence-corrected chi connectivity index (χ0v) is 29.6. The summed E-state index contributed by atoms with van der Waals surface area (Å²) in [4.78, 5) is 0. The van der Waals surface area contributed by atoms with Gasteiger partial charge in [0.1, 0.15) is 0 Å². The van der Waals surface area contributed by atoms with Gasteiger partial charge >= 0.3 is 0 Å². The van der Waals surface area contributed by atoms with Gasteiger partial charge in [-0.2, -0.15) is 0 Å². The number of rotatable bonds is 7. The zero-order valence-electron chi connectivity index (χ0n) is 27.8. The molecular formula is C39H50P2. The van der Waals surface area contributed by atoms with E-state index in [9.17, 15) is 0 Å². The molecule has 0 saturated heterocycles. The fourth-order valence-corrected chi connectivity index (χ4v) is 14.2. The molecule has 0 spiro atoms. The Labute approximate surface area is 253 Å². The Hall–Kier alpha value is -2.26. The summed E-state index contributed by atoms with van der Waals surface area (Å²) in [5.74, 6) is 0. The van der Waals surface area contributed by atoms with E-state index in [4.69, 9.17) is 0 Å². The Morgan fingerprint density at radius 1 is 0.366 bits per heavy atom. The second-order valence-corrected chi connectivity index (χ2v) is 17.3. The van der Waals surface area contributed by atoms with Gasteiger partial charge in [0.15, 0.2) is 0 Å². The second-order valence-electron chi connectivity index (χ2n) is 12.2. The average Bonchev–Trinajstić information content (AvgIpc) is 2.95. The van der Waals surface area contributed by atoms with Crippen molar-refractivity contribution in [2.75, 3.05) is 0 Å². The molecule has 4 aromatic carbocycles. The van der Waals surface area contributed by atoms with Crippen molar-refractivity contribution >= 4 is 37.1 Å². The van der Waals surface area contributed by atoms with Crippen LogP contribution in [-0.2, 0) is 0 Å². The van der Waals surface area contributed by atoms with E-state index < -0.39 is 15.8 Å². The number of hydrogen-bond acceptors (Lipinski definition) is 0. The van der Waals surface area contributed by atoms with Crippen LogP contribution in [0.4, 0.5) is 0 Å². The van der Waals surface area contributed by atoms with E-state index in [1.165, 1.54) is 66.8 Å². The molecule has 0 amide bonds. The van der Waals surface area contributed by atoms with Crippen LogP contribution >= 0.6 is 15.8 Å². The molecule has 216 valence electrons. The summed E-state index contributed by atoms with van der Waals surface area (Å²) >= 11 is 0. The predicted octanol–water partition coefficient (Wildman–Crippen LogP) is 9.69. The van der Waals surface area contributed by atoms with Crippen LogP contribution in [0.5, 0.6) is 0 Å². The highest BCUT2D eigenvalue weighted by atomic mass is 31.2. The molecule has 0 fully saturated rings. The standard InChI is InChI=1S/C39H50P2/c1-14-39(40(35-19-15-23(2)27(6)31(35)10)36-20-16-24(3)28(7)32(36)11)41(37-21-17-25(4)29(8)33(37)12)38-22-18-26(5)30(9)34(38)13/h15-22,39H,14H2,1-13H3. The summed E-state index contributed by atoms with van der Waals surface area (Å²) in [6.07, 6.45) is 1.15. The highest BCUT2D eigenvalue weighted by Gasteiger charge is 2.36. The molecule has 0 radical (unpaired) electrons. The van der Waals surface area contributed by atoms with Gasteiger partial charge in [-0.15, -0.1) is 0 Å². The van der Waals surface area contributed by atoms with Gasteiger partial charge in [-0.3, -0.25) is 0 Å². The number of aryl methyl sites for hydroxylation is 4. The molecule has 41 heavy (non-hydrogen) atoms. The van der Waals surface area contributed by atoms with Crippen molar-refractivity contribution in [3.05, 3.63) is 115 Å². The first-order chi connectivity index (χ1) is 19.3. The smallest absolute Gasteiger partial charge is 0.0152 e. The molecule has 0 atom stereocenters. The van der Waals surface area contributed by atoms with Crippen LogP contribution in [0.25, 0.3) is 0 Å². The van der Waals surface area contributed by atoms with Gasteiger partial charge < -0.3 is 0 Å². The average molecular weight is 581 g/mol. The summed E-state index contributed by atoms with van der Waals surface area (Å²) in [6, 6.07) is 19.4. The summed E-state index contributed by atoms with van der Waals surface area (Å²) in [5, 5.41) is 6.78. The Morgan fingerprint density at radius 3 is 0.780 bits per heavy atom. The minimum absolute atomic E-state index is 0.517. The lowest BCUT2D eigenvalue weighted by Crippen LogP contribution is -2.31. The molecule has 0 saturated carbocycles. The quantitative estimate of drug-likeness (QED) is 0.191. The molecule has 0 nitrogen and oxygen atoms in total. The molecule has 0 N–H and O–H groups in total. The monoisotopic (exact) mass is 580 g/mol. The maximum Gasteiger partial charge on any atom is 0.0152 e. The van der Waals surface area contributed by atoms with Crippen molar-refractivity contribution in [1.82, 2.24) is 0 Å². The predicted molar refractivity (Wildman–Crippen MR) is 189 cm³/mol. The van der Waals surface area contributed by atoms with Gasteiger partial charge in [-0.1, -0.05) is 55.5 Å². The Balaban J connectivity index is 2.13. The van der Waals surface area contributed by atoms with E-state index in [0.717, 1.165) is 6.42 Å². The number of hydrogen-bond donors (Lipinski definition) is 0. The normalized spacial score (nSPS) is 11.8. The largest absolute Gasteiger partial charge is 0.0644 e. The topological polar surface area (TPSA) is 0 Å². The van der Waals surface area contributed by atoms with Gasteiger partial charge in [0.25, 0.3) is 0 Å². The summed E-state index contributed by atoms with van der Waals surface area (Å²) < 4.78 is 0. The first-order valence-corrected chi connectivity index (χ1v) is 18.0. The molecule has 0 heterocycles. The SMILES string of the molecule is CCC(P(c1ccc(C)c(C)c1C)c1ccc(C)c(C)c1C)P(c1ccc(C)c(C)c1C)c1ccc(C)c(C)c1C. The van der Waals surface area contributed by atoms with Crippen molar-refractivity contribution < 1.29 is 0 Å². The van der Waals surface area contributed by atoms with Crippen molar-refractivity contribution in [2.45, 2.75) is 102 Å². The molecule has 0 bridgehead atoms. The van der Waals surface area contributed by atoms with Crippen LogP contribution in [0.1, 0.15) is 80.1 Å². The third-order valence-electron chi connectivity index (χ3n) is 10.1. The summed E-state index contributed by atoms with van der Waals surface area (Å²) in [5.41, 5.74) is 17.3. The van der Waals surface area contributed by atoms with Crippen LogP contribution < -0.4 is 21.2 Å². The summed E-state index contributed by atoms with van der Waals surface area (Å²) in [6.45, 7) is 30.3. The molecule has 0 unspecified atom stereocenters. The van der Waals surface area contributed by atoms with Crippen LogP contribution in [0.3, 0.4) is 0 Å². The molecule has 0 aliphatic carbocycles. The molecule has 4 rings (SSSR count). The Bertz CT molecular complexity index is 1370. The number of benzene rings is 4. The van der Waals surface area contributed by atoms with Crippen LogP contribution in [-0.4, -0.2) is 5.40 Å². The van der Waals surface area contributed by atoms with Gasteiger partial charge in [-0.05, 0) is 193 Å².